The zero-order valence-corrected chi connectivity index (χ0v) is 10.6. The third-order valence-corrected chi connectivity index (χ3v) is 2.34. The van der Waals surface area contributed by atoms with Gasteiger partial charge in [-0.25, -0.2) is 0 Å². The topological polar surface area (TPSA) is 29.1 Å². The van der Waals surface area contributed by atoms with Crippen molar-refractivity contribution in [1.29, 1.82) is 0 Å². The summed E-state index contributed by atoms with van der Waals surface area (Å²) in [6.45, 7) is 2.02. The molecule has 1 N–H and O–H groups in total. The predicted octanol–water partition coefficient (Wildman–Crippen LogP) is 3.25. The number of halogens is 2. The standard InChI is InChI=1S/C11H11BrClNO/c1-8(15)14-4-2-3-9-5-10(12)7-11(13)6-9/h2-3,5-7H,4H2,1H3,(H,14,15). The third-order valence-electron chi connectivity index (χ3n) is 1.66. The lowest BCUT2D eigenvalue weighted by Crippen LogP contribution is -2.19. The van der Waals surface area contributed by atoms with Crippen LogP contribution in [0.4, 0.5) is 0 Å². The lowest BCUT2D eigenvalue weighted by Gasteiger charge is -1.98. The van der Waals surface area contributed by atoms with Gasteiger partial charge in [-0.2, -0.15) is 0 Å². The zero-order chi connectivity index (χ0) is 11.3. The van der Waals surface area contributed by atoms with Gasteiger partial charge in [0.25, 0.3) is 0 Å². The van der Waals surface area contributed by atoms with E-state index in [-0.39, 0.29) is 5.91 Å². The molecular formula is C11H11BrClNO. The molecule has 15 heavy (non-hydrogen) atoms. The lowest BCUT2D eigenvalue weighted by atomic mass is 10.2. The first kappa shape index (κ1) is 12.3. The largest absolute Gasteiger partial charge is 0.353 e. The molecule has 0 saturated carbocycles. The summed E-state index contributed by atoms with van der Waals surface area (Å²) in [5, 5.41) is 3.36. The van der Waals surface area contributed by atoms with Gasteiger partial charge in [0.15, 0.2) is 0 Å². The highest BCUT2D eigenvalue weighted by Crippen LogP contribution is 2.20. The van der Waals surface area contributed by atoms with Gasteiger partial charge in [0.2, 0.25) is 5.91 Å². The Hall–Kier alpha value is -0.800. The van der Waals surface area contributed by atoms with Crippen LogP contribution >= 0.6 is 27.5 Å². The summed E-state index contributed by atoms with van der Waals surface area (Å²) in [6.07, 6.45) is 3.78. The Kier molecular flexibility index (Phi) is 4.85. The van der Waals surface area contributed by atoms with E-state index in [0.29, 0.717) is 11.6 Å². The third kappa shape index (κ3) is 5.00. The first-order valence-corrected chi connectivity index (χ1v) is 5.62. The molecule has 0 aromatic heterocycles. The Morgan fingerprint density at radius 3 is 2.87 bits per heavy atom. The zero-order valence-electron chi connectivity index (χ0n) is 8.26. The van der Waals surface area contributed by atoms with Gasteiger partial charge in [-0.15, -0.1) is 0 Å². The van der Waals surface area contributed by atoms with E-state index in [4.69, 9.17) is 11.6 Å². The van der Waals surface area contributed by atoms with E-state index < -0.39 is 0 Å². The summed E-state index contributed by atoms with van der Waals surface area (Å²) in [4.78, 5) is 10.6. The lowest BCUT2D eigenvalue weighted by molar-refractivity contribution is -0.118. The van der Waals surface area contributed by atoms with Crippen molar-refractivity contribution in [3.63, 3.8) is 0 Å². The molecule has 0 radical (unpaired) electrons. The first-order chi connectivity index (χ1) is 7.08. The van der Waals surface area contributed by atoms with E-state index in [1.54, 1.807) is 0 Å². The monoisotopic (exact) mass is 287 g/mol. The highest BCUT2D eigenvalue weighted by Gasteiger charge is 1.94. The van der Waals surface area contributed by atoms with Crippen molar-refractivity contribution >= 4 is 39.5 Å². The van der Waals surface area contributed by atoms with Crippen molar-refractivity contribution in [3.8, 4) is 0 Å². The van der Waals surface area contributed by atoms with Gasteiger partial charge in [-0.05, 0) is 23.8 Å². The Labute approximate surface area is 102 Å². The number of benzene rings is 1. The van der Waals surface area contributed by atoms with Crippen LogP contribution in [0.5, 0.6) is 0 Å². The Balaban J connectivity index is 2.60. The maximum atomic E-state index is 10.6. The number of amides is 1. The van der Waals surface area contributed by atoms with E-state index in [1.165, 1.54) is 6.92 Å². The highest BCUT2D eigenvalue weighted by atomic mass is 79.9. The van der Waals surface area contributed by atoms with Crippen LogP contribution in [-0.2, 0) is 4.79 Å². The molecular weight excluding hydrogens is 277 g/mol. The van der Waals surface area contributed by atoms with Crippen LogP contribution in [0, 0.1) is 0 Å². The molecule has 0 aliphatic heterocycles. The van der Waals surface area contributed by atoms with Crippen molar-refractivity contribution in [1.82, 2.24) is 5.32 Å². The van der Waals surface area contributed by atoms with Crippen molar-refractivity contribution in [2.24, 2.45) is 0 Å². The van der Waals surface area contributed by atoms with Gasteiger partial charge in [-0.3, -0.25) is 4.79 Å². The van der Waals surface area contributed by atoms with Crippen molar-refractivity contribution < 1.29 is 4.79 Å². The van der Waals surface area contributed by atoms with E-state index in [9.17, 15) is 4.79 Å². The van der Waals surface area contributed by atoms with Gasteiger partial charge < -0.3 is 5.32 Å². The summed E-state index contributed by atoms with van der Waals surface area (Å²) in [5.41, 5.74) is 1.000. The van der Waals surface area contributed by atoms with E-state index in [0.717, 1.165) is 10.0 Å². The van der Waals surface area contributed by atoms with Crippen LogP contribution in [0.1, 0.15) is 12.5 Å². The minimum atomic E-state index is -0.0353. The van der Waals surface area contributed by atoms with Crippen LogP contribution in [0.15, 0.2) is 28.7 Å². The van der Waals surface area contributed by atoms with Gasteiger partial charge in [-0.1, -0.05) is 39.7 Å². The number of rotatable bonds is 3. The van der Waals surface area contributed by atoms with Crippen LogP contribution < -0.4 is 5.32 Å². The average Bonchev–Trinajstić information content (AvgIpc) is 2.10. The van der Waals surface area contributed by atoms with Crippen LogP contribution in [0.3, 0.4) is 0 Å². The fraction of sp³-hybridized carbons (Fsp3) is 0.182. The highest BCUT2D eigenvalue weighted by molar-refractivity contribution is 9.10. The van der Waals surface area contributed by atoms with Crippen molar-refractivity contribution in [3.05, 3.63) is 39.3 Å². The van der Waals surface area contributed by atoms with E-state index in [1.807, 2.05) is 30.4 Å². The van der Waals surface area contributed by atoms with E-state index in [2.05, 4.69) is 21.2 Å². The summed E-state index contributed by atoms with van der Waals surface area (Å²) in [7, 11) is 0. The molecule has 0 aliphatic carbocycles. The summed E-state index contributed by atoms with van der Waals surface area (Å²) in [5.74, 6) is -0.0353. The van der Waals surface area contributed by atoms with Crippen LogP contribution in [0.2, 0.25) is 5.02 Å². The van der Waals surface area contributed by atoms with Gasteiger partial charge in [0, 0.05) is 23.0 Å². The second-order valence-electron chi connectivity index (χ2n) is 3.04. The molecule has 0 fully saturated rings. The molecule has 0 atom stereocenters. The summed E-state index contributed by atoms with van der Waals surface area (Å²) in [6, 6.07) is 5.64. The summed E-state index contributed by atoms with van der Waals surface area (Å²) >= 11 is 9.24. The average molecular weight is 289 g/mol. The SMILES string of the molecule is CC(=O)NCC=Cc1cc(Cl)cc(Br)c1. The summed E-state index contributed by atoms with van der Waals surface area (Å²) < 4.78 is 0.939. The number of carbonyl (C=O) groups excluding carboxylic acids is 1. The second kappa shape index (κ2) is 5.93. The Morgan fingerprint density at radius 1 is 1.53 bits per heavy atom. The smallest absolute Gasteiger partial charge is 0.217 e. The minimum absolute atomic E-state index is 0.0353. The quantitative estimate of drug-likeness (QED) is 0.909. The fourth-order valence-electron chi connectivity index (χ4n) is 1.07. The molecule has 4 heteroatoms. The fourth-order valence-corrected chi connectivity index (χ4v) is 1.96. The van der Waals surface area contributed by atoms with Gasteiger partial charge in [0.05, 0.1) is 0 Å². The molecule has 0 saturated heterocycles. The number of hydrogen-bond acceptors (Lipinski definition) is 1. The number of hydrogen-bond donors (Lipinski definition) is 1. The number of nitrogens with one attached hydrogen (secondary N) is 1. The minimum Gasteiger partial charge on any atom is -0.353 e. The van der Waals surface area contributed by atoms with Crippen molar-refractivity contribution in [2.75, 3.05) is 6.54 Å². The molecule has 1 aromatic rings. The maximum Gasteiger partial charge on any atom is 0.217 e. The molecule has 80 valence electrons. The Morgan fingerprint density at radius 2 is 2.27 bits per heavy atom. The van der Waals surface area contributed by atoms with Gasteiger partial charge >= 0.3 is 0 Å². The van der Waals surface area contributed by atoms with Crippen LogP contribution in [0.25, 0.3) is 6.08 Å². The number of carbonyl (C=O) groups is 1. The molecule has 1 rings (SSSR count). The molecule has 0 bridgehead atoms. The first-order valence-electron chi connectivity index (χ1n) is 4.45. The molecule has 1 aromatic carbocycles. The molecule has 0 aliphatic rings. The van der Waals surface area contributed by atoms with Crippen LogP contribution in [-0.4, -0.2) is 12.5 Å². The molecule has 2 nitrogen and oxygen atoms in total. The van der Waals surface area contributed by atoms with E-state index >= 15 is 0 Å². The molecule has 0 spiro atoms. The van der Waals surface area contributed by atoms with Crippen molar-refractivity contribution in [2.45, 2.75) is 6.92 Å². The molecule has 0 unspecified atom stereocenters. The molecule has 1 amide bonds. The normalized spacial score (nSPS) is 10.6. The second-order valence-corrected chi connectivity index (χ2v) is 4.39. The predicted molar refractivity (Wildman–Crippen MR) is 66.9 cm³/mol. The molecule has 0 heterocycles. The van der Waals surface area contributed by atoms with Gasteiger partial charge in [0.1, 0.15) is 0 Å². The maximum absolute atomic E-state index is 10.6. The Bertz CT molecular complexity index is 370.